The van der Waals surface area contributed by atoms with E-state index in [-0.39, 0.29) is 5.78 Å². The third-order valence-electron chi connectivity index (χ3n) is 3.76. The lowest BCUT2D eigenvalue weighted by molar-refractivity contribution is -0.137. The van der Waals surface area contributed by atoms with Crippen LogP contribution in [0.1, 0.15) is 34.3 Å². The van der Waals surface area contributed by atoms with Crippen molar-refractivity contribution in [3.63, 3.8) is 0 Å². The number of aromatic nitrogens is 2. The zero-order valence-corrected chi connectivity index (χ0v) is 14.4. The summed E-state index contributed by atoms with van der Waals surface area (Å²) in [6.45, 7) is 3.71. The van der Waals surface area contributed by atoms with E-state index in [1.54, 1.807) is 6.92 Å². The van der Waals surface area contributed by atoms with Crippen LogP contribution in [-0.2, 0) is 6.18 Å². The standard InChI is InChI=1S/C18H15F3N2OS/c1-3-13(24)15-16(14-9-4-10(2)25-14)23-17(22-15)11-5-7-12(8-6-11)18(19,20)21/h4-9H,3H2,1-2H3,(H,22,23). The van der Waals surface area contributed by atoms with Crippen molar-refractivity contribution in [2.24, 2.45) is 0 Å². The lowest BCUT2D eigenvalue weighted by Gasteiger charge is -2.06. The van der Waals surface area contributed by atoms with Crippen molar-refractivity contribution in [2.45, 2.75) is 26.4 Å². The molecule has 0 atom stereocenters. The first-order valence-electron chi connectivity index (χ1n) is 7.67. The lowest BCUT2D eigenvalue weighted by Crippen LogP contribution is -2.04. The number of ketones is 1. The third kappa shape index (κ3) is 3.51. The predicted octanol–water partition coefficient (Wildman–Crippen LogP) is 5.73. The lowest BCUT2D eigenvalue weighted by atomic mass is 10.1. The minimum absolute atomic E-state index is 0.115. The molecule has 0 radical (unpaired) electrons. The molecule has 0 bridgehead atoms. The van der Waals surface area contributed by atoms with Crippen molar-refractivity contribution in [3.05, 3.63) is 52.5 Å². The Kier molecular flexibility index (Phi) is 4.51. The fourth-order valence-corrected chi connectivity index (χ4v) is 3.31. The van der Waals surface area contributed by atoms with Crippen molar-refractivity contribution < 1.29 is 18.0 Å². The SMILES string of the molecule is CCC(=O)c1nc(-c2ccc(C(F)(F)F)cc2)[nH]c1-c1ccc(C)s1. The molecule has 0 saturated heterocycles. The Morgan fingerprint density at radius 3 is 2.36 bits per heavy atom. The molecule has 2 aromatic heterocycles. The summed E-state index contributed by atoms with van der Waals surface area (Å²) in [5.74, 6) is 0.266. The number of aryl methyl sites for hydroxylation is 1. The normalized spacial score (nSPS) is 11.7. The summed E-state index contributed by atoms with van der Waals surface area (Å²) in [7, 11) is 0. The van der Waals surface area contributed by atoms with Crippen molar-refractivity contribution >= 4 is 17.1 Å². The van der Waals surface area contributed by atoms with Gasteiger partial charge in [-0.2, -0.15) is 13.2 Å². The molecule has 0 aliphatic rings. The number of H-pyrrole nitrogens is 1. The van der Waals surface area contributed by atoms with Gasteiger partial charge in [0.05, 0.1) is 16.1 Å². The topological polar surface area (TPSA) is 45.8 Å². The highest BCUT2D eigenvalue weighted by Crippen LogP contribution is 2.33. The molecular weight excluding hydrogens is 349 g/mol. The molecule has 0 unspecified atom stereocenters. The molecule has 3 aromatic rings. The van der Waals surface area contributed by atoms with Gasteiger partial charge in [0.1, 0.15) is 11.5 Å². The second kappa shape index (κ2) is 6.48. The summed E-state index contributed by atoms with van der Waals surface area (Å²) < 4.78 is 38.1. The molecule has 25 heavy (non-hydrogen) atoms. The Hall–Kier alpha value is -2.41. The number of alkyl halides is 3. The van der Waals surface area contributed by atoms with Gasteiger partial charge in [-0.1, -0.05) is 19.1 Å². The van der Waals surface area contributed by atoms with E-state index in [1.807, 2.05) is 19.1 Å². The Bertz CT molecular complexity index is 907. The molecule has 3 nitrogen and oxygen atoms in total. The number of hydrogen-bond donors (Lipinski definition) is 1. The van der Waals surface area contributed by atoms with Crippen molar-refractivity contribution in [2.75, 3.05) is 0 Å². The number of nitrogens with one attached hydrogen (secondary N) is 1. The van der Waals surface area contributed by atoms with Gasteiger partial charge in [-0.3, -0.25) is 4.79 Å². The summed E-state index contributed by atoms with van der Waals surface area (Å²) in [6, 6.07) is 8.56. The number of carbonyl (C=O) groups is 1. The smallest absolute Gasteiger partial charge is 0.337 e. The van der Waals surface area contributed by atoms with Crippen LogP contribution in [0, 0.1) is 6.92 Å². The van der Waals surface area contributed by atoms with Gasteiger partial charge in [-0.25, -0.2) is 4.98 Å². The van der Waals surface area contributed by atoms with Crippen LogP contribution in [0.25, 0.3) is 22.0 Å². The summed E-state index contributed by atoms with van der Waals surface area (Å²) in [5.41, 5.74) is 0.707. The number of imidazole rings is 1. The van der Waals surface area contributed by atoms with E-state index in [0.717, 1.165) is 21.9 Å². The van der Waals surface area contributed by atoms with Crippen LogP contribution < -0.4 is 0 Å². The first-order valence-corrected chi connectivity index (χ1v) is 8.49. The molecule has 0 amide bonds. The minimum Gasteiger partial charge on any atom is -0.337 e. The summed E-state index contributed by atoms with van der Waals surface area (Å²) >= 11 is 1.53. The van der Waals surface area contributed by atoms with Crippen LogP contribution in [-0.4, -0.2) is 15.8 Å². The van der Waals surface area contributed by atoms with Crippen LogP contribution in [0.15, 0.2) is 36.4 Å². The Morgan fingerprint density at radius 2 is 1.84 bits per heavy atom. The maximum Gasteiger partial charge on any atom is 0.416 e. The zero-order chi connectivity index (χ0) is 18.2. The summed E-state index contributed by atoms with van der Waals surface area (Å²) in [5, 5.41) is 0. The molecule has 0 saturated carbocycles. The maximum atomic E-state index is 12.7. The predicted molar refractivity (Wildman–Crippen MR) is 91.7 cm³/mol. The van der Waals surface area contributed by atoms with Crippen LogP contribution in [0.2, 0.25) is 0 Å². The quantitative estimate of drug-likeness (QED) is 0.601. The monoisotopic (exact) mass is 364 g/mol. The van der Waals surface area contributed by atoms with E-state index >= 15 is 0 Å². The van der Waals surface area contributed by atoms with Gasteiger partial charge in [0.15, 0.2) is 5.78 Å². The molecule has 0 aliphatic carbocycles. The molecule has 0 spiro atoms. The Balaban J connectivity index is 2.05. The number of thiophene rings is 1. The molecule has 1 N–H and O–H groups in total. The van der Waals surface area contributed by atoms with E-state index in [1.165, 1.54) is 23.5 Å². The molecular formula is C18H15F3N2OS. The fraction of sp³-hybridized carbons (Fsp3) is 0.222. The maximum absolute atomic E-state index is 12.7. The van der Waals surface area contributed by atoms with Crippen LogP contribution in [0.4, 0.5) is 13.2 Å². The molecule has 7 heteroatoms. The number of carbonyl (C=O) groups excluding carboxylic acids is 1. The second-order valence-corrected chi connectivity index (χ2v) is 6.86. The van der Waals surface area contributed by atoms with Gasteiger partial charge in [-0.05, 0) is 31.2 Å². The highest BCUT2D eigenvalue weighted by molar-refractivity contribution is 7.15. The van der Waals surface area contributed by atoms with Gasteiger partial charge in [0.2, 0.25) is 0 Å². The van der Waals surface area contributed by atoms with Crippen molar-refractivity contribution in [1.29, 1.82) is 0 Å². The van der Waals surface area contributed by atoms with Crippen LogP contribution in [0.5, 0.6) is 0 Å². The number of hydrogen-bond acceptors (Lipinski definition) is 3. The first-order chi connectivity index (χ1) is 11.8. The number of rotatable bonds is 4. The van der Waals surface area contributed by atoms with Gasteiger partial charge in [0, 0.05) is 16.9 Å². The Morgan fingerprint density at radius 1 is 1.16 bits per heavy atom. The largest absolute Gasteiger partial charge is 0.416 e. The average Bonchev–Trinajstić information content (AvgIpc) is 3.19. The molecule has 0 fully saturated rings. The van der Waals surface area contributed by atoms with Gasteiger partial charge >= 0.3 is 6.18 Å². The number of benzene rings is 1. The summed E-state index contributed by atoms with van der Waals surface area (Å²) in [6.07, 6.45) is -4.08. The van der Waals surface area contributed by atoms with E-state index in [4.69, 9.17) is 0 Å². The molecule has 3 rings (SSSR count). The van der Waals surface area contributed by atoms with Crippen LogP contribution >= 0.6 is 11.3 Å². The molecule has 0 aliphatic heterocycles. The minimum atomic E-state index is -4.38. The van der Waals surface area contributed by atoms with E-state index < -0.39 is 11.7 Å². The van der Waals surface area contributed by atoms with Crippen molar-refractivity contribution in [1.82, 2.24) is 9.97 Å². The number of aromatic amines is 1. The fourth-order valence-electron chi connectivity index (χ4n) is 2.44. The number of Topliss-reactive ketones (excluding diaryl/α,β-unsaturated/α-hetero) is 1. The summed E-state index contributed by atoms with van der Waals surface area (Å²) in [4.78, 5) is 21.6. The average molecular weight is 364 g/mol. The molecule has 1 aromatic carbocycles. The Labute approximate surface area is 146 Å². The van der Waals surface area contributed by atoms with Crippen LogP contribution in [0.3, 0.4) is 0 Å². The second-order valence-electron chi connectivity index (χ2n) is 5.57. The zero-order valence-electron chi connectivity index (χ0n) is 13.6. The van der Waals surface area contributed by atoms with E-state index in [0.29, 0.717) is 29.2 Å². The van der Waals surface area contributed by atoms with Gasteiger partial charge in [0.25, 0.3) is 0 Å². The third-order valence-corrected chi connectivity index (χ3v) is 4.78. The van der Waals surface area contributed by atoms with Crippen molar-refractivity contribution in [3.8, 4) is 22.0 Å². The number of nitrogens with zero attached hydrogens (tertiary/aromatic N) is 1. The highest BCUT2D eigenvalue weighted by atomic mass is 32.1. The van der Waals surface area contributed by atoms with E-state index in [2.05, 4.69) is 9.97 Å². The number of halogens is 3. The van der Waals surface area contributed by atoms with Gasteiger partial charge < -0.3 is 4.98 Å². The molecule has 2 heterocycles. The van der Waals surface area contributed by atoms with Gasteiger partial charge in [-0.15, -0.1) is 11.3 Å². The van der Waals surface area contributed by atoms with E-state index in [9.17, 15) is 18.0 Å². The molecule has 130 valence electrons. The first kappa shape index (κ1) is 17.4. The highest BCUT2D eigenvalue weighted by Gasteiger charge is 2.30.